The molecule has 2 saturated heterocycles. The normalized spacial score (nSPS) is 21.7. The van der Waals surface area contributed by atoms with Gasteiger partial charge in [0, 0.05) is 38.2 Å². The second kappa shape index (κ2) is 7.79. The van der Waals surface area contributed by atoms with Gasteiger partial charge in [0.1, 0.15) is 0 Å². The van der Waals surface area contributed by atoms with Crippen LogP contribution in [0.15, 0.2) is 30.3 Å². The Labute approximate surface area is 143 Å². The van der Waals surface area contributed by atoms with E-state index in [0.717, 1.165) is 38.0 Å². The van der Waals surface area contributed by atoms with Gasteiger partial charge in [-0.1, -0.05) is 18.2 Å². The Hall–Kier alpha value is -1.88. The predicted molar refractivity (Wildman–Crippen MR) is 92.7 cm³/mol. The molecule has 0 N–H and O–H groups in total. The molecule has 0 aliphatic carbocycles. The van der Waals surface area contributed by atoms with Crippen molar-refractivity contribution in [1.82, 2.24) is 4.90 Å². The third-order valence-electron chi connectivity index (χ3n) is 5.03. The smallest absolute Gasteiger partial charge is 0.230 e. The number of para-hydroxylation sites is 1. The Bertz CT molecular complexity index is 561. The Morgan fingerprint density at radius 3 is 2.46 bits per heavy atom. The molecule has 0 saturated carbocycles. The highest BCUT2D eigenvalue weighted by molar-refractivity contribution is 5.95. The predicted octanol–water partition coefficient (Wildman–Crippen LogP) is 2.46. The SMILES string of the molecule is CC(=O)N1CCC(C(=O)N(CC2CCCO2)c2ccccc2)CC1. The summed E-state index contributed by atoms with van der Waals surface area (Å²) in [5.74, 6) is 0.252. The number of nitrogens with zero attached hydrogens (tertiary/aromatic N) is 2. The molecule has 2 amide bonds. The highest BCUT2D eigenvalue weighted by Gasteiger charge is 2.32. The Morgan fingerprint density at radius 1 is 1.17 bits per heavy atom. The summed E-state index contributed by atoms with van der Waals surface area (Å²) in [6, 6.07) is 9.85. The lowest BCUT2D eigenvalue weighted by Gasteiger charge is -2.34. The Morgan fingerprint density at radius 2 is 1.88 bits per heavy atom. The zero-order valence-corrected chi connectivity index (χ0v) is 14.3. The molecule has 1 aromatic rings. The lowest BCUT2D eigenvalue weighted by atomic mass is 9.94. The molecule has 0 bridgehead atoms. The average molecular weight is 330 g/mol. The molecular formula is C19H26N2O3. The minimum absolute atomic E-state index is 0.0118. The number of carbonyl (C=O) groups is 2. The van der Waals surface area contributed by atoms with Crippen LogP contribution >= 0.6 is 0 Å². The summed E-state index contributed by atoms with van der Waals surface area (Å²) in [6.45, 7) is 4.35. The fraction of sp³-hybridized carbons (Fsp3) is 0.579. The molecule has 2 aliphatic heterocycles. The molecule has 1 aromatic carbocycles. The standard InChI is InChI=1S/C19H26N2O3/c1-15(22)20-11-9-16(10-12-20)19(23)21(14-18-8-5-13-24-18)17-6-3-2-4-7-17/h2-4,6-7,16,18H,5,8-14H2,1H3. The lowest BCUT2D eigenvalue weighted by Crippen LogP contribution is -2.46. The minimum atomic E-state index is -0.0118. The van der Waals surface area contributed by atoms with Gasteiger partial charge in [0.2, 0.25) is 11.8 Å². The lowest BCUT2D eigenvalue weighted by molar-refractivity contribution is -0.133. The minimum Gasteiger partial charge on any atom is -0.376 e. The van der Waals surface area contributed by atoms with E-state index < -0.39 is 0 Å². The van der Waals surface area contributed by atoms with Gasteiger partial charge in [-0.2, -0.15) is 0 Å². The van der Waals surface area contributed by atoms with Gasteiger partial charge in [-0.25, -0.2) is 0 Å². The molecule has 2 aliphatic rings. The summed E-state index contributed by atoms with van der Waals surface area (Å²) in [5, 5.41) is 0. The van der Waals surface area contributed by atoms with E-state index in [1.54, 1.807) is 6.92 Å². The van der Waals surface area contributed by atoms with E-state index in [9.17, 15) is 9.59 Å². The maximum absolute atomic E-state index is 13.1. The fourth-order valence-electron chi connectivity index (χ4n) is 3.58. The van der Waals surface area contributed by atoms with Crippen LogP contribution in [0.4, 0.5) is 5.69 Å². The summed E-state index contributed by atoms with van der Waals surface area (Å²) in [6.07, 6.45) is 3.70. The van der Waals surface area contributed by atoms with E-state index in [1.165, 1.54) is 0 Å². The third kappa shape index (κ3) is 3.96. The van der Waals surface area contributed by atoms with Crippen LogP contribution in [0.5, 0.6) is 0 Å². The van der Waals surface area contributed by atoms with Gasteiger partial charge in [0.25, 0.3) is 0 Å². The molecule has 3 rings (SSSR count). The fourth-order valence-corrected chi connectivity index (χ4v) is 3.58. The number of benzene rings is 1. The van der Waals surface area contributed by atoms with Crippen LogP contribution in [0.3, 0.4) is 0 Å². The zero-order chi connectivity index (χ0) is 16.9. The van der Waals surface area contributed by atoms with Crippen molar-refractivity contribution >= 4 is 17.5 Å². The Balaban J connectivity index is 1.70. The molecule has 1 unspecified atom stereocenters. The molecule has 0 spiro atoms. The maximum atomic E-state index is 13.1. The first kappa shape index (κ1) is 17.0. The quantitative estimate of drug-likeness (QED) is 0.852. The van der Waals surface area contributed by atoms with Gasteiger partial charge in [-0.15, -0.1) is 0 Å². The van der Waals surface area contributed by atoms with Crippen LogP contribution in [-0.4, -0.2) is 49.1 Å². The van der Waals surface area contributed by atoms with Gasteiger partial charge in [-0.3, -0.25) is 9.59 Å². The van der Waals surface area contributed by atoms with Gasteiger partial charge >= 0.3 is 0 Å². The number of hydrogen-bond donors (Lipinski definition) is 0. The van der Waals surface area contributed by atoms with Crippen molar-refractivity contribution < 1.29 is 14.3 Å². The number of carbonyl (C=O) groups excluding carboxylic acids is 2. The molecule has 0 aromatic heterocycles. The van der Waals surface area contributed by atoms with E-state index >= 15 is 0 Å². The van der Waals surface area contributed by atoms with Gasteiger partial charge in [0.05, 0.1) is 12.6 Å². The molecule has 24 heavy (non-hydrogen) atoms. The molecule has 0 radical (unpaired) electrons. The van der Waals surface area contributed by atoms with Crippen molar-refractivity contribution in [2.24, 2.45) is 5.92 Å². The van der Waals surface area contributed by atoms with E-state index in [-0.39, 0.29) is 23.8 Å². The molecule has 5 nitrogen and oxygen atoms in total. The number of piperidine rings is 1. The highest BCUT2D eigenvalue weighted by atomic mass is 16.5. The summed E-state index contributed by atoms with van der Waals surface area (Å²) in [5.41, 5.74) is 0.937. The number of rotatable bonds is 4. The van der Waals surface area contributed by atoms with Gasteiger partial charge in [-0.05, 0) is 37.8 Å². The van der Waals surface area contributed by atoms with Gasteiger partial charge < -0.3 is 14.5 Å². The summed E-state index contributed by atoms with van der Waals surface area (Å²) < 4.78 is 5.74. The molecule has 130 valence electrons. The van der Waals surface area contributed by atoms with E-state index in [4.69, 9.17) is 4.74 Å². The molecule has 1 atom stereocenters. The first-order chi connectivity index (χ1) is 11.6. The number of likely N-dealkylation sites (tertiary alicyclic amines) is 1. The van der Waals surface area contributed by atoms with E-state index in [2.05, 4.69) is 0 Å². The van der Waals surface area contributed by atoms with Crippen molar-refractivity contribution in [2.45, 2.75) is 38.7 Å². The molecule has 5 heteroatoms. The van der Waals surface area contributed by atoms with Crippen LogP contribution in [0.25, 0.3) is 0 Å². The summed E-state index contributed by atoms with van der Waals surface area (Å²) in [4.78, 5) is 28.3. The number of amides is 2. The van der Waals surface area contributed by atoms with Crippen LogP contribution in [-0.2, 0) is 14.3 Å². The highest BCUT2D eigenvalue weighted by Crippen LogP contribution is 2.25. The van der Waals surface area contributed by atoms with Crippen LogP contribution in [0, 0.1) is 5.92 Å². The number of ether oxygens (including phenoxy) is 1. The molecule has 2 fully saturated rings. The monoisotopic (exact) mass is 330 g/mol. The van der Waals surface area contributed by atoms with Crippen molar-refractivity contribution in [2.75, 3.05) is 31.1 Å². The molecule has 2 heterocycles. The summed E-state index contributed by atoms with van der Waals surface area (Å²) in [7, 11) is 0. The van der Waals surface area contributed by atoms with E-state index in [1.807, 2.05) is 40.1 Å². The second-order valence-corrected chi connectivity index (χ2v) is 6.70. The van der Waals surface area contributed by atoms with Crippen LogP contribution < -0.4 is 4.90 Å². The second-order valence-electron chi connectivity index (χ2n) is 6.70. The number of anilines is 1. The maximum Gasteiger partial charge on any atom is 0.230 e. The van der Waals surface area contributed by atoms with Gasteiger partial charge in [0.15, 0.2) is 0 Å². The topological polar surface area (TPSA) is 49.9 Å². The van der Waals surface area contributed by atoms with E-state index in [0.29, 0.717) is 19.6 Å². The zero-order valence-electron chi connectivity index (χ0n) is 14.3. The van der Waals surface area contributed by atoms with Crippen LogP contribution in [0.2, 0.25) is 0 Å². The van der Waals surface area contributed by atoms with Crippen LogP contribution in [0.1, 0.15) is 32.6 Å². The Kier molecular flexibility index (Phi) is 5.51. The average Bonchev–Trinajstić information content (AvgIpc) is 3.13. The van der Waals surface area contributed by atoms with Crippen molar-refractivity contribution in [3.63, 3.8) is 0 Å². The number of hydrogen-bond acceptors (Lipinski definition) is 3. The van der Waals surface area contributed by atoms with Crippen molar-refractivity contribution in [3.05, 3.63) is 30.3 Å². The first-order valence-corrected chi connectivity index (χ1v) is 8.88. The molecular weight excluding hydrogens is 304 g/mol. The largest absolute Gasteiger partial charge is 0.376 e. The van der Waals surface area contributed by atoms with Crippen molar-refractivity contribution in [1.29, 1.82) is 0 Å². The van der Waals surface area contributed by atoms with Crippen molar-refractivity contribution in [3.8, 4) is 0 Å². The first-order valence-electron chi connectivity index (χ1n) is 8.88. The summed E-state index contributed by atoms with van der Waals surface area (Å²) >= 11 is 0. The third-order valence-corrected chi connectivity index (χ3v) is 5.03.